The molecule has 3 N–H and O–H groups in total. The average molecular weight is 282 g/mol. The van der Waals surface area contributed by atoms with E-state index in [-0.39, 0.29) is 5.41 Å². The summed E-state index contributed by atoms with van der Waals surface area (Å²) in [5.74, 6) is 0.921. The molecule has 2 aromatic heterocycles. The molecule has 3 rings (SSSR count). The molecular formula is C17H22N4. The Morgan fingerprint density at radius 3 is 2.76 bits per heavy atom. The predicted molar refractivity (Wildman–Crippen MR) is 85.9 cm³/mol. The van der Waals surface area contributed by atoms with Crippen molar-refractivity contribution in [3.8, 4) is 0 Å². The minimum atomic E-state index is 0.0758. The molecule has 2 heterocycles. The Morgan fingerprint density at radius 2 is 2.10 bits per heavy atom. The molecule has 0 amide bonds. The van der Waals surface area contributed by atoms with Crippen molar-refractivity contribution in [1.29, 1.82) is 0 Å². The molecule has 0 radical (unpaired) electrons. The second-order valence-electron chi connectivity index (χ2n) is 6.74. The first-order chi connectivity index (χ1) is 9.93. The highest BCUT2D eigenvalue weighted by atomic mass is 15.2. The molecule has 0 fully saturated rings. The molecule has 4 heteroatoms. The van der Waals surface area contributed by atoms with Gasteiger partial charge in [0, 0.05) is 28.8 Å². The van der Waals surface area contributed by atoms with Crippen LogP contribution in [0.15, 0.2) is 30.3 Å². The molecule has 0 aromatic carbocycles. The van der Waals surface area contributed by atoms with Crippen LogP contribution in [0, 0.1) is 0 Å². The Labute approximate surface area is 125 Å². The number of aromatic amines is 1. The van der Waals surface area contributed by atoms with Crippen molar-refractivity contribution in [2.24, 2.45) is 0 Å². The number of allylic oxidation sites excluding steroid dienone is 2. The smallest absolute Gasteiger partial charge is 0.145 e. The van der Waals surface area contributed by atoms with E-state index in [9.17, 15) is 0 Å². The number of anilines is 1. The number of pyridine rings is 1. The number of nitrogens with zero attached hydrogens (tertiary/aromatic N) is 2. The Bertz CT molecular complexity index is 676. The van der Waals surface area contributed by atoms with Gasteiger partial charge in [0.05, 0.1) is 5.69 Å². The average Bonchev–Trinajstić information content (AvgIpc) is 3.06. The Kier molecular flexibility index (Phi) is 3.32. The van der Waals surface area contributed by atoms with Crippen molar-refractivity contribution in [2.45, 2.75) is 44.9 Å². The summed E-state index contributed by atoms with van der Waals surface area (Å²) in [7, 11) is 0. The van der Waals surface area contributed by atoms with Gasteiger partial charge in [0.15, 0.2) is 0 Å². The summed E-state index contributed by atoms with van der Waals surface area (Å²) >= 11 is 0. The summed E-state index contributed by atoms with van der Waals surface area (Å²) in [6, 6.07) is 8.23. The van der Waals surface area contributed by atoms with Gasteiger partial charge >= 0.3 is 0 Å². The molecule has 0 aliphatic heterocycles. The molecule has 1 aliphatic rings. The fraction of sp³-hybridized carbons (Fsp3) is 0.412. The molecule has 110 valence electrons. The highest BCUT2D eigenvalue weighted by Crippen LogP contribution is 2.37. The van der Waals surface area contributed by atoms with Gasteiger partial charge in [-0.3, -0.25) is 10.1 Å². The first-order valence-electron chi connectivity index (χ1n) is 7.43. The molecule has 1 aliphatic carbocycles. The van der Waals surface area contributed by atoms with E-state index in [4.69, 9.17) is 10.7 Å². The van der Waals surface area contributed by atoms with Crippen molar-refractivity contribution in [3.63, 3.8) is 0 Å². The number of rotatable bonds is 2. The SMILES string of the molecule is CC(C)(C)c1cccc(C2=CC(c3cc(N)n[nH]3)CC2)n1. The lowest BCUT2D eigenvalue weighted by molar-refractivity contribution is 0.568. The fourth-order valence-electron chi connectivity index (χ4n) is 2.75. The van der Waals surface area contributed by atoms with E-state index < -0.39 is 0 Å². The zero-order chi connectivity index (χ0) is 15.0. The van der Waals surface area contributed by atoms with Crippen molar-refractivity contribution in [3.05, 3.63) is 47.4 Å². The number of nitrogens with one attached hydrogen (secondary N) is 1. The lowest BCUT2D eigenvalue weighted by Crippen LogP contribution is -2.13. The fourth-order valence-corrected chi connectivity index (χ4v) is 2.75. The molecule has 21 heavy (non-hydrogen) atoms. The maximum absolute atomic E-state index is 5.68. The molecule has 1 atom stereocenters. The summed E-state index contributed by atoms with van der Waals surface area (Å²) in [5.41, 5.74) is 10.4. The summed E-state index contributed by atoms with van der Waals surface area (Å²) in [6.07, 6.45) is 4.42. The third-order valence-corrected chi connectivity index (χ3v) is 3.99. The van der Waals surface area contributed by atoms with Crippen LogP contribution in [0.1, 0.15) is 56.6 Å². The lowest BCUT2D eigenvalue weighted by Gasteiger charge is -2.18. The zero-order valence-corrected chi connectivity index (χ0v) is 12.9. The Balaban J connectivity index is 1.88. The van der Waals surface area contributed by atoms with Crippen molar-refractivity contribution < 1.29 is 0 Å². The van der Waals surface area contributed by atoms with Gasteiger partial charge in [-0.25, -0.2) is 0 Å². The highest BCUT2D eigenvalue weighted by Gasteiger charge is 2.22. The van der Waals surface area contributed by atoms with E-state index in [1.54, 1.807) is 0 Å². The van der Waals surface area contributed by atoms with Crippen LogP contribution in [0.25, 0.3) is 5.57 Å². The number of nitrogen functional groups attached to an aromatic ring is 1. The van der Waals surface area contributed by atoms with Gasteiger partial charge in [-0.15, -0.1) is 0 Å². The minimum Gasteiger partial charge on any atom is -0.382 e. The first-order valence-corrected chi connectivity index (χ1v) is 7.43. The van der Waals surface area contributed by atoms with Crippen LogP contribution in [0.3, 0.4) is 0 Å². The summed E-state index contributed by atoms with van der Waals surface area (Å²) in [6.45, 7) is 6.58. The predicted octanol–water partition coefficient (Wildman–Crippen LogP) is 3.65. The summed E-state index contributed by atoms with van der Waals surface area (Å²) < 4.78 is 0. The Morgan fingerprint density at radius 1 is 1.29 bits per heavy atom. The number of hydrogen-bond donors (Lipinski definition) is 2. The van der Waals surface area contributed by atoms with Crippen molar-refractivity contribution in [1.82, 2.24) is 15.2 Å². The van der Waals surface area contributed by atoms with E-state index in [1.165, 1.54) is 5.57 Å². The second kappa shape index (κ2) is 5.02. The van der Waals surface area contributed by atoms with E-state index in [0.717, 1.165) is 29.9 Å². The quantitative estimate of drug-likeness (QED) is 0.883. The van der Waals surface area contributed by atoms with Gasteiger partial charge in [-0.1, -0.05) is 32.9 Å². The van der Waals surface area contributed by atoms with E-state index in [1.807, 2.05) is 6.07 Å². The second-order valence-corrected chi connectivity index (χ2v) is 6.74. The van der Waals surface area contributed by atoms with Crippen LogP contribution in [0.4, 0.5) is 5.82 Å². The van der Waals surface area contributed by atoms with Gasteiger partial charge in [-0.2, -0.15) is 5.10 Å². The normalized spacial score (nSPS) is 18.8. The van der Waals surface area contributed by atoms with Gasteiger partial charge in [0.1, 0.15) is 5.82 Å². The molecule has 0 bridgehead atoms. The number of aromatic nitrogens is 3. The third kappa shape index (κ3) is 2.84. The van der Waals surface area contributed by atoms with Gasteiger partial charge in [-0.05, 0) is 30.5 Å². The number of H-pyrrole nitrogens is 1. The topological polar surface area (TPSA) is 67.6 Å². The third-order valence-electron chi connectivity index (χ3n) is 3.99. The molecule has 1 unspecified atom stereocenters. The van der Waals surface area contributed by atoms with Crippen LogP contribution in [0.2, 0.25) is 0 Å². The summed E-state index contributed by atoms with van der Waals surface area (Å²) in [5, 5.41) is 7.03. The summed E-state index contributed by atoms with van der Waals surface area (Å²) in [4.78, 5) is 4.84. The van der Waals surface area contributed by atoms with Crippen molar-refractivity contribution >= 4 is 11.4 Å². The maximum Gasteiger partial charge on any atom is 0.145 e. The maximum atomic E-state index is 5.68. The zero-order valence-electron chi connectivity index (χ0n) is 12.9. The van der Waals surface area contributed by atoms with Crippen molar-refractivity contribution in [2.75, 3.05) is 5.73 Å². The number of hydrogen-bond acceptors (Lipinski definition) is 3. The molecule has 2 aromatic rings. The number of nitrogens with two attached hydrogens (primary N) is 1. The Hall–Kier alpha value is -2.10. The molecule has 4 nitrogen and oxygen atoms in total. The first kappa shape index (κ1) is 13.9. The largest absolute Gasteiger partial charge is 0.382 e. The van der Waals surface area contributed by atoms with E-state index in [0.29, 0.717) is 11.7 Å². The van der Waals surface area contributed by atoms with E-state index in [2.05, 4.69) is 55.2 Å². The van der Waals surface area contributed by atoms with Crippen LogP contribution < -0.4 is 5.73 Å². The molecule has 0 saturated carbocycles. The molecular weight excluding hydrogens is 260 g/mol. The van der Waals surface area contributed by atoms with Gasteiger partial charge in [0.25, 0.3) is 0 Å². The monoisotopic (exact) mass is 282 g/mol. The van der Waals surface area contributed by atoms with Crippen LogP contribution in [-0.2, 0) is 5.41 Å². The van der Waals surface area contributed by atoms with Gasteiger partial charge < -0.3 is 5.73 Å². The molecule has 0 saturated heterocycles. The minimum absolute atomic E-state index is 0.0758. The van der Waals surface area contributed by atoms with Gasteiger partial charge in [0.2, 0.25) is 0 Å². The lowest BCUT2D eigenvalue weighted by atomic mass is 9.91. The van der Waals surface area contributed by atoms with Crippen LogP contribution >= 0.6 is 0 Å². The van der Waals surface area contributed by atoms with E-state index >= 15 is 0 Å². The molecule has 0 spiro atoms. The van der Waals surface area contributed by atoms with Crippen LogP contribution in [0.5, 0.6) is 0 Å². The van der Waals surface area contributed by atoms with Crippen LogP contribution in [-0.4, -0.2) is 15.2 Å². The highest BCUT2D eigenvalue weighted by molar-refractivity contribution is 5.66. The standard InChI is InChI=1S/C17H22N4/c1-17(2,3)15-6-4-5-13(19-15)11-7-8-12(9-11)14-10-16(18)21-20-14/h4-6,9-10,12H,7-8H2,1-3H3,(H3,18,20,21).